The monoisotopic (exact) mass is 278 g/mol. The molecule has 1 aliphatic carbocycles. The van der Waals surface area contributed by atoms with Crippen LogP contribution in [0.3, 0.4) is 0 Å². The lowest BCUT2D eigenvalue weighted by Gasteiger charge is -2.15. The van der Waals surface area contributed by atoms with Crippen LogP contribution in [0.2, 0.25) is 0 Å². The first-order valence-corrected chi connectivity index (χ1v) is 6.32. The third-order valence-electron chi connectivity index (χ3n) is 3.15. The van der Waals surface area contributed by atoms with Crippen LogP contribution in [-0.4, -0.2) is 16.9 Å². The first kappa shape index (κ1) is 13.5. The molecule has 1 fully saturated rings. The molecule has 0 spiro atoms. The van der Waals surface area contributed by atoms with E-state index in [-0.39, 0.29) is 11.2 Å². The van der Waals surface area contributed by atoms with E-state index in [0.29, 0.717) is 12.5 Å². The maximum atomic E-state index is 12.5. The molecule has 100 valence electrons. The summed E-state index contributed by atoms with van der Waals surface area (Å²) in [5.41, 5.74) is -0.874. The van der Waals surface area contributed by atoms with Gasteiger partial charge in [-0.05, 0) is 30.9 Å². The number of rotatable bonds is 3. The molecule has 6 heteroatoms. The highest BCUT2D eigenvalue weighted by molar-refractivity contribution is 6.20. The maximum Gasteiger partial charge on any atom is 0.433 e. The van der Waals surface area contributed by atoms with Gasteiger partial charge < -0.3 is 5.32 Å². The van der Waals surface area contributed by atoms with Crippen molar-refractivity contribution in [3.63, 3.8) is 0 Å². The van der Waals surface area contributed by atoms with Crippen molar-refractivity contribution in [2.75, 3.05) is 11.9 Å². The van der Waals surface area contributed by atoms with E-state index < -0.39 is 11.9 Å². The van der Waals surface area contributed by atoms with Crippen molar-refractivity contribution in [2.45, 2.75) is 30.8 Å². The lowest BCUT2D eigenvalue weighted by molar-refractivity contribution is -0.141. The van der Waals surface area contributed by atoms with E-state index in [1.807, 2.05) is 0 Å². The van der Waals surface area contributed by atoms with Crippen molar-refractivity contribution in [3.8, 4) is 0 Å². The third kappa shape index (κ3) is 3.28. The van der Waals surface area contributed by atoms with Gasteiger partial charge in [0.2, 0.25) is 0 Å². The van der Waals surface area contributed by atoms with Crippen LogP contribution >= 0.6 is 11.6 Å². The summed E-state index contributed by atoms with van der Waals surface area (Å²) in [7, 11) is 0. The molecule has 0 bridgehead atoms. The maximum absolute atomic E-state index is 12.5. The second-order valence-electron chi connectivity index (χ2n) is 4.49. The van der Waals surface area contributed by atoms with Crippen LogP contribution in [0.15, 0.2) is 18.2 Å². The van der Waals surface area contributed by atoms with Crippen LogP contribution in [0.1, 0.15) is 25.0 Å². The van der Waals surface area contributed by atoms with E-state index in [4.69, 9.17) is 11.6 Å². The summed E-state index contributed by atoms with van der Waals surface area (Å²) in [5.74, 6) is 0.559. The smallest absolute Gasteiger partial charge is 0.370 e. The van der Waals surface area contributed by atoms with Crippen molar-refractivity contribution >= 4 is 17.4 Å². The number of alkyl halides is 4. The molecule has 0 aromatic carbocycles. The number of pyridine rings is 1. The Morgan fingerprint density at radius 3 is 2.72 bits per heavy atom. The van der Waals surface area contributed by atoms with E-state index in [1.54, 1.807) is 0 Å². The van der Waals surface area contributed by atoms with Crippen LogP contribution in [0.25, 0.3) is 0 Å². The van der Waals surface area contributed by atoms with E-state index in [9.17, 15) is 13.2 Å². The van der Waals surface area contributed by atoms with Gasteiger partial charge in [0.1, 0.15) is 11.5 Å². The summed E-state index contributed by atoms with van der Waals surface area (Å²) < 4.78 is 37.4. The van der Waals surface area contributed by atoms with E-state index in [0.717, 1.165) is 25.3 Å². The van der Waals surface area contributed by atoms with Crippen molar-refractivity contribution in [2.24, 2.45) is 5.92 Å². The SMILES string of the molecule is FC(F)(F)c1cccc(NCC2CCCC2Cl)n1. The second kappa shape index (κ2) is 5.34. The van der Waals surface area contributed by atoms with Crippen LogP contribution in [-0.2, 0) is 6.18 Å². The molecule has 2 atom stereocenters. The summed E-state index contributed by atoms with van der Waals surface area (Å²) in [6.07, 6.45) is -1.33. The molecule has 2 unspecified atom stereocenters. The average Bonchev–Trinajstić information content (AvgIpc) is 2.72. The summed E-state index contributed by atoms with van der Waals surface area (Å²) >= 11 is 6.11. The van der Waals surface area contributed by atoms with E-state index in [1.165, 1.54) is 12.1 Å². The Bertz CT molecular complexity index is 409. The fourth-order valence-electron chi connectivity index (χ4n) is 2.15. The van der Waals surface area contributed by atoms with Gasteiger partial charge >= 0.3 is 6.18 Å². The minimum Gasteiger partial charge on any atom is -0.370 e. The molecule has 1 saturated carbocycles. The van der Waals surface area contributed by atoms with Gasteiger partial charge in [0, 0.05) is 11.9 Å². The van der Waals surface area contributed by atoms with Crippen molar-refractivity contribution in [1.29, 1.82) is 0 Å². The average molecular weight is 279 g/mol. The molecule has 0 radical (unpaired) electrons. The van der Waals surface area contributed by atoms with Gasteiger partial charge in [-0.3, -0.25) is 0 Å². The Morgan fingerprint density at radius 1 is 1.33 bits per heavy atom. The fraction of sp³-hybridized carbons (Fsp3) is 0.583. The number of halogens is 4. The summed E-state index contributed by atoms with van der Waals surface area (Å²) in [6, 6.07) is 3.85. The summed E-state index contributed by atoms with van der Waals surface area (Å²) in [6.45, 7) is 0.572. The first-order chi connectivity index (χ1) is 8.47. The Hall–Kier alpha value is -0.970. The van der Waals surface area contributed by atoms with E-state index in [2.05, 4.69) is 10.3 Å². The molecule has 1 heterocycles. The minimum atomic E-state index is -4.40. The zero-order valence-corrected chi connectivity index (χ0v) is 10.4. The number of nitrogens with zero attached hydrogens (tertiary/aromatic N) is 1. The van der Waals surface area contributed by atoms with Crippen LogP contribution < -0.4 is 5.32 Å². The van der Waals surface area contributed by atoms with Gasteiger partial charge in [-0.1, -0.05) is 12.5 Å². The summed E-state index contributed by atoms with van der Waals surface area (Å²) in [5, 5.41) is 3.05. The predicted octanol–water partition coefficient (Wildman–Crippen LogP) is 3.92. The number of aromatic nitrogens is 1. The van der Waals surface area contributed by atoms with Crippen molar-refractivity contribution < 1.29 is 13.2 Å². The van der Waals surface area contributed by atoms with Crippen LogP contribution in [0.4, 0.5) is 19.0 Å². The Morgan fingerprint density at radius 2 is 2.11 bits per heavy atom. The number of hydrogen-bond donors (Lipinski definition) is 1. The molecule has 2 nitrogen and oxygen atoms in total. The van der Waals surface area contributed by atoms with Gasteiger partial charge in [-0.2, -0.15) is 13.2 Å². The molecular formula is C12H14ClF3N2. The highest BCUT2D eigenvalue weighted by Crippen LogP contribution is 2.31. The largest absolute Gasteiger partial charge is 0.433 e. The lowest BCUT2D eigenvalue weighted by atomic mass is 10.1. The standard InChI is InChI=1S/C12H14ClF3N2/c13-9-4-1-3-8(9)7-17-11-6-2-5-10(18-11)12(14,15)16/h2,5-6,8-9H,1,3-4,7H2,(H,17,18). The van der Waals surface area contributed by atoms with Gasteiger partial charge in [0.25, 0.3) is 0 Å². The Balaban J connectivity index is 1.97. The fourth-order valence-corrected chi connectivity index (χ4v) is 2.52. The normalized spacial score (nSPS) is 24.2. The number of nitrogens with one attached hydrogen (secondary N) is 1. The third-order valence-corrected chi connectivity index (χ3v) is 3.73. The topological polar surface area (TPSA) is 24.9 Å². The highest BCUT2D eigenvalue weighted by atomic mass is 35.5. The Labute approximate surface area is 109 Å². The van der Waals surface area contributed by atoms with Gasteiger partial charge in [-0.15, -0.1) is 11.6 Å². The molecule has 1 aromatic rings. The molecule has 0 aliphatic heterocycles. The van der Waals surface area contributed by atoms with E-state index >= 15 is 0 Å². The lowest BCUT2D eigenvalue weighted by Crippen LogP contribution is -2.19. The van der Waals surface area contributed by atoms with Crippen LogP contribution in [0.5, 0.6) is 0 Å². The quantitative estimate of drug-likeness (QED) is 0.848. The molecule has 2 rings (SSSR count). The first-order valence-electron chi connectivity index (χ1n) is 5.89. The van der Waals surface area contributed by atoms with Gasteiger partial charge in [0.15, 0.2) is 0 Å². The number of anilines is 1. The second-order valence-corrected chi connectivity index (χ2v) is 5.05. The number of hydrogen-bond acceptors (Lipinski definition) is 2. The molecule has 18 heavy (non-hydrogen) atoms. The Kier molecular flexibility index (Phi) is 4.00. The summed E-state index contributed by atoms with van der Waals surface area (Å²) in [4.78, 5) is 3.55. The molecular weight excluding hydrogens is 265 g/mol. The minimum absolute atomic E-state index is 0.114. The molecule has 0 saturated heterocycles. The van der Waals surface area contributed by atoms with Crippen molar-refractivity contribution in [3.05, 3.63) is 23.9 Å². The molecule has 1 aliphatic rings. The zero-order chi connectivity index (χ0) is 13.2. The van der Waals surface area contributed by atoms with Gasteiger partial charge in [-0.25, -0.2) is 4.98 Å². The van der Waals surface area contributed by atoms with Crippen molar-refractivity contribution in [1.82, 2.24) is 4.98 Å². The molecule has 0 amide bonds. The zero-order valence-electron chi connectivity index (χ0n) is 9.67. The molecule has 1 N–H and O–H groups in total. The molecule has 1 aromatic heterocycles. The highest BCUT2D eigenvalue weighted by Gasteiger charge is 2.32. The van der Waals surface area contributed by atoms with Crippen LogP contribution in [0, 0.1) is 5.92 Å². The van der Waals surface area contributed by atoms with Gasteiger partial charge in [0.05, 0.1) is 0 Å². The predicted molar refractivity (Wildman–Crippen MR) is 64.7 cm³/mol.